The molecule has 28 heavy (non-hydrogen) atoms. The van der Waals surface area contributed by atoms with E-state index in [2.05, 4.69) is 19.2 Å². The van der Waals surface area contributed by atoms with E-state index in [9.17, 15) is 9.59 Å². The molecule has 0 radical (unpaired) electrons. The molecule has 0 aliphatic carbocycles. The highest BCUT2D eigenvalue weighted by atomic mass is 16.7. The zero-order chi connectivity index (χ0) is 20.1. The Balaban J connectivity index is 1.53. The molecule has 1 aromatic carbocycles. The minimum Gasteiger partial charge on any atom is -0.354 e. The van der Waals surface area contributed by atoms with Gasteiger partial charge in [-0.05, 0) is 30.9 Å². The molecule has 0 bridgehead atoms. The van der Waals surface area contributed by atoms with Crippen LogP contribution in [0.25, 0.3) is 0 Å². The van der Waals surface area contributed by atoms with Gasteiger partial charge in [0.2, 0.25) is 11.8 Å². The summed E-state index contributed by atoms with van der Waals surface area (Å²) < 4.78 is 11.5. The maximum Gasteiger partial charge on any atom is 0.243 e. The van der Waals surface area contributed by atoms with E-state index < -0.39 is 6.04 Å². The quantitative estimate of drug-likeness (QED) is 0.695. The molecule has 2 atom stereocenters. The van der Waals surface area contributed by atoms with Crippen LogP contribution in [-0.4, -0.2) is 43.9 Å². The van der Waals surface area contributed by atoms with Crippen molar-refractivity contribution in [1.82, 2.24) is 5.32 Å². The number of anilines is 1. The maximum atomic E-state index is 12.8. The van der Waals surface area contributed by atoms with Gasteiger partial charge in [-0.2, -0.15) is 0 Å². The normalized spacial score (nSPS) is 21.4. The zero-order valence-corrected chi connectivity index (χ0v) is 17.2. The van der Waals surface area contributed by atoms with E-state index in [-0.39, 0.29) is 23.5 Å². The van der Waals surface area contributed by atoms with Gasteiger partial charge in [0.05, 0.1) is 13.2 Å². The molecule has 0 unspecified atom stereocenters. The largest absolute Gasteiger partial charge is 0.354 e. The van der Waals surface area contributed by atoms with Gasteiger partial charge in [-0.25, -0.2) is 0 Å². The molecular formula is C22H32N2O4. The third-order valence-electron chi connectivity index (χ3n) is 5.85. The van der Waals surface area contributed by atoms with Crippen LogP contribution in [0.1, 0.15) is 52.0 Å². The highest BCUT2D eigenvalue weighted by Gasteiger charge is 2.38. The number of hydrogen-bond donors (Lipinski definition) is 1. The molecule has 6 heteroatoms. The van der Waals surface area contributed by atoms with Crippen LogP contribution in [0.15, 0.2) is 24.3 Å². The van der Waals surface area contributed by atoms with Crippen LogP contribution in [0.3, 0.4) is 0 Å². The lowest BCUT2D eigenvalue weighted by molar-refractivity contribution is -0.133. The summed E-state index contributed by atoms with van der Waals surface area (Å²) >= 11 is 0. The first-order valence-electron chi connectivity index (χ1n) is 10.3. The van der Waals surface area contributed by atoms with E-state index in [0.717, 1.165) is 36.9 Å². The zero-order valence-electron chi connectivity index (χ0n) is 17.2. The van der Waals surface area contributed by atoms with Gasteiger partial charge >= 0.3 is 0 Å². The number of benzene rings is 1. The number of carbonyl (C=O) groups is 2. The summed E-state index contributed by atoms with van der Waals surface area (Å²) in [6, 6.07) is 7.27. The number of carbonyl (C=O) groups excluding carboxylic acids is 2. The number of rotatable bonds is 8. The smallest absolute Gasteiger partial charge is 0.243 e. The monoisotopic (exact) mass is 388 g/mol. The SMILES string of the molecule is CCC[C@@](C)(CCCNC(=O)[C@@H]1Cc2ccccc2N1C(C)=O)C1OCCO1. The average molecular weight is 389 g/mol. The third kappa shape index (κ3) is 4.39. The molecule has 0 aromatic heterocycles. The van der Waals surface area contributed by atoms with E-state index >= 15 is 0 Å². The highest BCUT2D eigenvalue weighted by molar-refractivity contribution is 6.02. The van der Waals surface area contributed by atoms with Crippen molar-refractivity contribution in [3.63, 3.8) is 0 Å². The Morgan fingerprint density at radius 2 is 1.93 bits per heavy atom. The fourth-order valence-electron chi connectivity index (χ4n) is 4.50. The summed E-state index contributed by atoms with van der Waals surface area (Å²) in [5.41, 5.74) is 1.86. The minimum absolute atomic E-state index is 0.0367. The Hall–Kier alpha value is -1.92. The molecule has 2 aliphatic heterocycles. The second-order valence-corrected chi connectivity index (χ2v) is 8.11. The first kappa shape index (κ1) is 20.8. The fraction of sp³-hybridized carbons (Fsp3) is 0.636. The minimum atomic E-state index is -0.460. The molecule has 154 valence electrons. The van der Waals surface area contributed by atoms with Crippen LogP contribution in [0, 0.1) is 5.41 Å². The Kier molecular flexibility index (Phi) is 6.73. The third-order valence-corrected chi connectivity index (χ3v) is 5.85. The van der Waals surface area contributed by atoms with Gasteiger partial charge in [-0.1, -0.05) is 38.5 Å². The van der Waals surface area contributed by atoms with E-state index in [1.54, 1.807) is 4.90 Å². The molecule has 3 rings (SSSR count). The second kappa shape index (κ2) is 9.05. The van der Waals surface area contributed by atoms with Crippen LogP contribution >= 0.6 is 0 Å². The molecular weight excluding hydrogens is 356 g/mol. The lowest BCUT2D eigenvalue weighted by Crippen LogP contribution is -2.47. The van der Waals surface area contributed by atoms with Crippen LogP contribution < -0.4 is 10.2 Å². The van der Waals surface area contributed by atoms with Crippen LogP contribution in [-0.2, 0) is 25.5 Å². The number of fused-ring (bicyclic) bond motifs is 1. The number of nitrogens with zero attached hydrogens (tertiary/aromatic N) is 1. The van der Waals surface area contributed by atoms with Crippen LogP contribution in [0.4, 0.5) is 5.69 Å². The van der Waals surface area contributed by atoms with Crippen molar-refractivity contribution in [1.29, 1.82) is 0 Å². The molecule has 2 amide bonds. The molecule has 1 fully saturated rings. The second-order valence-electron chi connectivity index (χ2n) is 8.11. The van der Waals surface area contributed by atoms with Crippen molar-refractivity contribution in [3.05, 3.63) is 29.8 Å². The van der Waals surface area contributed by atoms with Gasteiger partial charge in [-0.3, -0.25) is 14.5 Å². The van der Waals surface area contributed by atoms with Gasteiger partial charge < -0.3 is 14.8 Å². The standard InChI is InChI=1S/C22H32N2O4/c1-4-10-22(3,21-27-13-14-28-21)11-7-12-23-20(26)19-15-17-8-5-6-9-18(17)24(19)16(2)25/h5-6,8-9,19,21H,4,7,10-15H2,1-3H3,(H,23,26)/t19-,22-/m0/s1. The molecule has 2 aliphatic rings. The van der Waals surface area contributed by atoms with Gasteiger partial charge in [0.1, 0.15) is 6.04 Å². The number of para-hydroxylation sites is 1. The summed E-state index contributed by atoms with van der Waals surface area (Å²) in [4.78, 5) is 26.5. The number of ether oxygens (including phenoxy) is 2. The summed E-state index contributed by atoms with van der Waals surface area (Å²) in [6.07, 6.45) is 4.29. The number of nitrogens with one attached hydrogen (secondary N) is 1. The van der Waals surface area contributed by atoms with E-state index in [4.69, 9.17) is 9.47 Å². The van der Waals surface area contributed by atoms with Crippen molar-refractivity contribution >= 4 is 17.5 Å². The molecule has 2 heterocycles. The number of amides is 2. The number of hydrogen-bond acceptors (Lipinski definition) is 4. The Morgan fingerprint density at radius 3 is 2.61 bits per heavy atom. The predicted molar refractivity (Wildman–Crippen MR) is 108 cm³/mol. The van der Waals surface area contributed by atoms with Crippen LogP contribution in [0.5, 0.6) is 0 Å². The predicted octanol–water partition coefficient (Wildman–Crippen LogP) is 3.04. The first-order valence-corrected chi connectivity index (χ1v) is 10.3. The van der Waals surface area contributed by atoms with Crippen molar-refractivity contribution in [3.8, 4) is 0 Å². The highest BCUT2D eigenvalue weighted by Crippen LogP contribution is 2.37. The first-order chi connectivity index (χ1) is 13.5. The molecule has 1 saturated heterocycles. The van der Waals surface area contributed by atoms with Gasteiger partial charge in [0, 0.05) is 31.0 Å². The van der Waals surface area contributed by atoms with Crippen molar-refractivity contribution in [2.75, 3.05) is 24.7 Å². The summed E-state index contributed by atoms with van der Waals surface area (Å²) in [5, 5.41) is 3.04. The molecule has 1 aromatic rings. The lowest BCUT2D eigenvalue weighted by atomic mass is 9.80. The Bertz CT molecular complexity index is 702. The molecule has 1 N–H and O–H groups in total. The van der Waals surface area contributed by atoms with Crippen molar-refractivity contribution in [2.45, 2.75) is 65.2 Å². The lowest BCUT2D eigenvalue weighted by Gasteiger charge is -2.34. The maximum absolute atomic E-state index is 12.8. The average Bonchev–Trinajstić information content (AvgIpc) is 3.33. The van der Waals surface area contributed by atoms with Crippen molar-refractivity contribution < 1.29 is 19.1 Å². The van der Waals surface area contributed by atoms with Crippen molar-refractivity contribution in [2.24, 2.45) is 5.41 Å². The van der Waals surface area contributed by atoms with E-state index in [1.807, 2.05) is 24.3 Å². The topological polar surface area (TPSA) is 67.9 Å². The summed E-state index contributed by atoms with van der Waals surface area (Å²) in [5.74, 6) is -0.187. The Morgan fingerprint density at radius 1 is 1.21 bits per heavy atom. The molecule has 6 nitrogen and oxygen atoms in total. The van der Waals surface area contributed by atoms with Crippen LogP contribution in [0.2, 0.25) is 0 Å². The fourth-order valence-corrected chi connectivity index (χ4v) is 4.50. The molecule has 0 spiro atoms. The summed E-state index contributed by atoms with van der Waals surface area (Å²) in [6.45, 7) is 7.79. The van der Waals surface area contributed by atoms with E-state index in [1.165, 1.54) is 6.92 Å². The molecule has 0 saturated carbocycles. The van der Waals surface area contributed by atoms with Gasteiger partial charge in [-0.15, -0.1) is 0 Å². The summed E-state index contributed by atoms with van der Waals surface area (Å²) in [7, 11) is 0. The van der Waals surface area contributed by atoms with Gasteiger partial charge in [0.25, 0.3) is 0 Å². The van der Waals surface area contributed by atoms with E-state index in [0.29, 0.717) is 26.2 Å². The van der Waals surface area contributed by atoms with Gasteiger partial charge in [0.15, 0.2) is 6.29 Å². The Labute approximate surface area is 167 Å².